The predicted molar refractivity (Wildman–Crippen MR) is 100 cm³/mol. The number of fused-ring (bicyclic) bond motifs is 1. The van der Waals surface area contributed by atoms with Crippen LogP contribution in [0.15, 0.2) is 35.2 Å². The number of benzene rings is 2. The average Bonchev–Trinajstić information content (AvgIpc) is 2.60. The maximum atomic E-state index is 13.6. The Morgan fingerprint density at radius 3 is 2.92 bits per heavy atom. The molecule has 0 bridgehead atoms. The fourth-order valence-corrected chi connectivity index (χ4v) is 4.42. The van der Waals surface area contributed by atoms with Gasteiger partial charge in [0, 0.05) is 17.5 Å². The summed E-state index contributed by atoms with van der Waals surface area (Å²) < 4.78 is 24.6. The number of methoxy groups -OCH3 is 1. The molecule has 134 valence electrons. The first kappa shape index (κ1) is 18.4. The minimum Gasteiger partial charge on any atom is -0.491 e. The SMILES string of the molecule is CCOc1cc(CNC2CCSc3ccc(F)cc32)cc(Cl)c1OC. The van der Waals surface area contributed by atoms with E-state index in [1.54, 1.807) is 24.9 Å². The highest BCUT2D eigenvalue weighted by Gasteiger charge is 2.21. The van der Waals surface area contributed by atoms with Crippen LogP contribution in [0.4, 0.5) is 4.39 Å². The lowest BCUT2D eigenvalue weighted by atomic mass is 10.0. The van der Waals surface area contributed by atoms with E-state index in [2.05, 4.69) is 5.32 Å². The van der Waals surface area contributed by atoms with E-state index < -0.39 is 0 Å². The van der Waals surface area contributed by atoms with Gasteiger partial charge in [0.05, 0.1) is 18.7 Å². The summed E-state index contributed by atoms with van der Waals surface area (Å²) in [5.74, 6) is 2.01. The van der Waals surface area contributed by atoms with Crippen molar-refractivity contribution in [3.05, 3.63) is 52.3 Å². The predicted octanol–water partition coefficient (Wildman–Crippen LogP) is 5.21. The van der Waals surface area contributed by atoms with Gasteiger partial charge >= 0.3 is 0 Å². The molecule has 1 N–H and O–H groups in total. The maximum absolute atomic E-state index is 13.6. The van der Waals surface area contributed by atoms with Crippen molar-refractivity contribution in [1.82, 2.24) is 5.32 Å². The third-order valence-corrected chi connectivity index (χ3v) is 5.54. The Hall–Kier alpha value is -1.43. The fourth-order valence-electron chi connectivity index (χ4n) is 3.00. The first-order valence-electron chi connectivity index (χ1n) is 8.27. The van der Waals surface area contributed by atoms with Crippen molar-refractivity contribution in [2.24, 2.45) is 0 Å². The molecular formula is C19H21ClFNO2S. The van der Waals surface area contributed by atoms with Crippen molar-refractivity contribution in [2.45, 2.75) is 30.8 Å². The second-order valence-electron chi connectivity index (χ2n) is 5.79. The Morgan fingerprint density at radius 2 is 2.16 bits per heavy atom. The quantitative estimate of drug-likeness (QED) is 0.743. The zero-order chi connectivity index (χ0) is 17.8. The number of rotatable bonds is 6. The summed E-state index contributed by atoms with van der Waals surface area (Å²) in [5.41, 5.74) is 2.03. The topological polar surface area (TPSA) is 30.5 Å². The van der Waals surface area contributed by atoms with Crippen LogP contribution in [-0.2, 0) is 6.54 Å². The van der Waals surface area contributed by atoms with Crippen LogP contribution in [0.5, 0.6) is 11.5 Å². The van der Waals surface area contributed by atoms with Crippen molar-refractivity contribution in [3.8, 4) is 11.5 Å². The molecule has 1 aliphatic heterocycles. The molecule has 1 aliphatic rings. The molecular weight excluding hydrogens is 361 g/mol. The molecule has 25 heavy (non-hydrogen) atoms. The molecule has 3 nitrogen and oxygen atoms in total. The fraction of sp³-hybridized carbons (Fsp3) is 0.368. The molecule has 0 radical (unpaired) electrons. The van der Waals surface area contributed by atoms with Crippen molar-refractivity contribution < 1.29 is 13.9 Å². The average molecular weight is 382 g/mol. The van der Waals surface area contributed by atoms with Crippen LogP contribution in [0, 0.1) is 5.82 Å². The summed E-state index contributed by atoms with van der Waals surface area (Å²) in [6.07, 6.45) is 0.962. The maximum Gasteiger partial charge on any atom is 0.179 e. The summed E-state index contributed by atoms with van der Waals surface area (Å²) >= 11 is 8.08. The van der Waals surface area contributed by atoms with E-state index in [1.165, 1.54) is 6.07 Å². The zero-order valence-electron chi connectivity index (χ0n) is 14.3. The van der Waals surface area contributed by atoms with Gasteiger partial charge in [0.1, 0.15) is 5.82 Å². The molecule has 2 aromatic rings. The summed E-state index contributed by atoms with van der Waals surface area (Å²) in [4.78, 5) is 1.15. The van der Waals surface area contributed by atoms with Crippen LogP contribution in [0.1, 0.15) is 30.5 Å². The molecule has 6 heteroatoms. The highest BCUT2D eigenvalue weighted by atomic mass is 35.5. The van der Waals surface area contributed by atoms with E-state index in [1.807, 2.05) is 25.1 Å². The van der Waals surface area contributed by atoms with Crippen LogP contribution < -0.4 is 14.8 Å². The van der Waals surface area contributed by atoms with Crippen molar-refractivity contribution >= 4 is 23.4 Å². The molecule has 2 aromatic carbocycles. The van der Waals surface area contributed by atoms with Crippen LogP contribution in [0.3, 0.4) is 0 Å². The number of ether oxygens (including phenoxy) is 2. The lowest BCUT2D eigenvalue weighted by Gasteiger charge is -2.26. The van der Waals surface area contributed by atoms with E-state index in [4.69, 9.17) is 21.1 Å². The Balaban J connectivity index is 1.78. The van der Waals surface area contributed by atoms with Crippen LogP contribution >= 0.6 is 23.4 Å². The van der Waals surface area contributed by atoms with Crippen molar-refractivity contribution in [1.29, 1.82) is 0 Å². The van der Waals surface area contributed by atoms with Gasteiger partial charge in [-0.25, -0.2) is 4.39 Å². The molecule has 0 aromatic heterocycles. The molecule has 1 unspecified atom stereocenters. The standard InChI is InChI=1S/C19H21ClFNO2S/c1-3-24-17-9-12(8-15(20)19(17)23-2)11-22-16-6-7-25-18-5-4-13(21)10-14(16)18/h4-5,8-10,16,22H,3,6-7,11H2,1-2H3. The van der Waals surface area contributed by atoms with E-state index in [0.717, 1.165) is 28.2 Å². The van der Waals surface area contributed by atoms with Crippen LogP contribution in [0.25, 0.3) is 0 Å². The van der Waals surface area contributed by atoms with E-state index in [-0.39, 0.29) is 11.9 Å². The number of nitrogens with one attached hydrogen (secondary N) is 1. The molecule has 0 saturated carbocycles. The molecule has 0 saturated heterocycles. The van der Waals surface area contributed by atoms with Crippen molar-refractivity contribution in [3.63, 3.8) is 0 Å². The summed E-state index contributed by atoms with van der Waals surface area (Å²) in [6, 6.07) is 8.95. The van der Waals surface area contributed by atoms with Crippen LogP contribution in [0.2, 0.25) is 5.02 Å². The Labute approximate surface area is 156 Å². The largest absolute Gasteiger partial charge is 0.491 e. The number of hydrogen-bond donors (Lipinski definition) is 1. The first-order chi connectivity index (χ1) is 12.1. The van der Waals surface area contributed by atoms with Gasteiger partial charge in [-0.3, -0.25) is 0 Å². The van der Waals surface area contributed by atoms with Gasteiger partial charge in [0.15, 0.2) is 11.5 Å². The highest BCUT2D eigenvalue weighted by Crippen LogP contribution is 2.38. The second-order valence-corrected chi connectivity index (χ2v) is 7.34. The number of halogens is 2. The summed E-state index contributed by atoms with van der Waals surface area (Å²) in [6.45, 7) is 3.08. The van der Waals surface area contributed by atoms with Gasteiger partial charge in [-0.1, -0.05) is 11.6 Å². The lowest BCUT2D eigenvalue weighted by Crippen LogP contribution is -2.24. The Bertz CT molecular complexity index is 756. The van der Waals surface area contributed by atoms with Gasteiger partial charge in [-0.2, -0.15) is 0 Å². The second kappa shape index (κ2) is 8.30. The smallest absolute Gasteiger partial charge is 0.179 e. The minimum absolute atomic E-state index is 0.128. The molecule has 1 atom stereocenters. The Morgan fingerprint density at radius 1 is 1.32 bits per heavy atom. The number of hydrogen-bond acceptors (Lipinski definition) is 4. The summed E-state index contributed by atoms with van der Waals surface area (Å²) in [7, 11) is 1.58. The molecule has 0 aliphatic carbocycles. The number of thioether (sulfide) groups is 1. The minimum atomic E-state index is -0.195. The molecule has 3 rings (SSSR count). The lowest BCUT2D eigenvalue weighted by molar-refractivity contribution is 0.310. The highest BCUT2D eigenvalue weighted by molar-refractivity contribution is 7.99. The van der Waals surface area contributed by atoms with E-state index >= 15 is 0 Å². The Kier molecular flexibility index (Phi) is 6.10. The van der Waals surface area contributed by atoms with Gasteiger partial charge in [0.25, 0.3) is 0 Å². The van der Waals surface area contributed by atoms with Gasteiger partial charge in [-0.05, 0) is 60.6 Å². The monoisotopic (exact) mass is 381 g/mol. The van der Waals surface area contributed by atoms with E-state index in [0.29, 0.717) is 29.7 Å². The van der Waals surface area contributed by atoms with E-state index in [9.17, 15) is 4.39 Å². The van der Waals surface area contributed by atoms with Gasteiger partial charge in [-0.15, -0.1) is 11.8 Å². The first-order valence-corrected chi connectivity index (χ1v) is 9.63. The third kappa shape index (κ3) is 4.22. The molecule has 0 fully saturated rings. The summed E-state index contributed by atoms with van der Waals surface area (Å²) in [5, 5.41) is 4.04. The van der Waals surface area contributed by atoms with Crippen LogP contribution in [-0.4, -0.2) is 19.5 Å². The van der Waals surface area contributed by atoms with Gasteiger partial charge < -0.3 is 14.8 Å². The molecule has 1 heterocycles. The molecule has 0 spiro atoms. The molecule has 0 amide bonds. The van der Waals surface area contributed by atoms with Gasteiger partial charge in [0.2, 0.25) is 0 Å². The normalized spacial score (nSPS) is 16.4. The van der Waals surface area contributed by atoms with Crippen molar-refractivity contribution in [2.75, 3.05) is 19.5 Å². The third-order valence-electron chi connectivity index (χ3n) is 4.14. The zero-order valence-corrected chi connectivity index (χ0v) is 15.8.